The lowest BCUT2D eigenvalue weighted by Crippen LogP contribution is -2.45. The molecule has 0 saturated heterocycles. The zero-order valence-electron chi connectivity index (χ0n) is 18.1. The number of likely N-dealkylation sites (N-methyl/N-ethyl adjacent to an activating group) is 1. The van der Waals surface area contributed by atoms with Gasteiger partial charge < -0.3 is 29.0 Å². The van der Waals surface area contributed by atoms with Gasteiger partial charge in [0.15, 0.2) is 17.5 Å². The number of ether oxygens (including phenoxy) is 2. The largest absolute Gasteiger partial charge is 0.493 e. The molecule has 8 nitrogen and oxygen atoms in total. The molecule has 0 radical (unpaired) electrons. The minimum absolute atomic E-state index is 0.0378. The van der Waals surface area contributed by atoms with Gasteiger partial charge in [0.05, 0.1) is 20.5 Å². The number of methoxy groups -OCH3 is 2. The van der Waals surface area contributed by atoms with Crippen LogP contribution in [0.5, 0.6) is 11.5 Å². The van der Waals surface area contributed by atoms with Crippen LogP contribution in [0.1, 0.15) is 16.9 Å². The van der Waals surface area contributed by atoms with E-state index in [0.717, 1.165) is 36.9 Å². The second-order valence-electron chi connectivity index (χ2n) is 7.33. The minimum Gasteiger partial charge on any atom is -0.493 e. The molecule has 1 aliphatic rings. The van der Waals surface area contributed by atoms with Gasteiger partial charge in [0, 0.05) is 40.2 Å². The topological polar surface area (TPSA) is 79.5 Å². The van der Waals surface area contributed by atoms with Crippen molar-refractivity contribution in [1.29, 1.82) is 0 Å². The number of fused-ring (bicyclic) bond motifs is 1. The highest BCUT2D eigenvalue weighted by Crippen LogP contribution is 2.33. The molecule has 30 heavy (non-hydrogen) atoms. The summed E-state index contributed by atoms with van der Waals surface area (Å²) in [5.74, 6) is 3.05. The number of benzene rings is 1. The van der Waals surface area contributed by atoms with E-state index < -0.39 is 0 Å². The van der Waals surface area contributed by atoms with Crippen molar-refractivity contribution in [1.82, 2.24) is 15.1 Å². The van der Waals surface area contributed by atoms with Crippen LogP contribution >= 0.6 is 0 Å². The third kappa shape index (κ3) is 5.25. The fourth-order valence-electron chi connectivity index (χ4n) is 3.37. The Bertz CT molecular complexity index is 878. The smallest absolute Gasteiger partial charge is 0.243 e. The second kappa shape index (κ2) is 10.0. The molecular weight excluding hydrogens is 384 g/mol. The van der Waals surface area contributed by atoms with E-state index in [0.29, 0.717) is 18.8 Å². The third-order valence-electron chi connectivity index (χ3n) is 5.12. The molecule has 0 atom stereocenters. The van der Waals surface area contributed by atoms with Crippen molar-refractivity contribution < 1.29 is 18.7 Å². The van der Waals surface area contributed by atoms with Crippen LogP contribution in [0.15, 0.2) is 39.9 Å². The molecule has 2 heterocycles. The van der Waals surface area contributed by atoms with Crippen molar-refractivity contribution in [3.05, 3.63) is 47.4 Å². The van der Waals surface area contributed by atoms with E-state index in [1.54, 1.807) is 39.5 Å². The Morgan fingerprint density at radius 2 is 1.97 bits per heavy atom. The summed E-state index contributed by atoms with van der Waals surface area (Å²) in [4.78, 5) is 20.4. The monoisotopic (exact) mass is 414 g/mol. The molecule has 1 amide bonds. The molecule has 1 aromatic heterocycles. The van der Waals surface area contributed by atoms with Crippen molar-refractivity contribution in [2.45, 2.75) is 19.4 Å². The standard InChI is InChI=1S/C22H30N4O4/c1-25(2)21(27)14-24-22(23-9-7-18-6-5-11-30-18)26-10-8-16-12-19(28-3)20(29-4)13-17(16)15-26/h5-6,11-13H,7-10,14-15H2,1-4H3,(H,23,24). The van der Waals surface area contributed by atoms with Crippen LogP contribution in [0.25, 0.3) is 0 Å². The van der Waals surface area contributed by atoms with Gasteiger partial charge in [-0.1, -0.05) is 0 Å². The summed E-state index contributed by atoms with van der Waals surface area (Å²) in [6.07, 6.45) is 3.27. The molecule has 8 heteroatoms. The summed E-state index contributed by atoms with van der Waals surface area (Å²) in [6, 6.07) is 7.89. The lowest BCUT2D eigenvalue weighted by atomic mass is 9.99. The third-order valence-corrected chi connectivity index (χ3v) is 5.12. The van der Waals surface area contributed by atoms with Gasteiger partial charge in [0.1, 0.15) is 12.3 Å². The lowest BCUT2D eigenvalue weighted by molar-refractivity contribution is -0.127. The average molecular weight is 415 g/mol. The molecule has 0 unspecified atom stereocenters. The normalized spacial score (nSPS) is 13.6. The van der Waals surface area contributed by atoms with Gasteiger partial charge >= 0.3 is 0 Å². The van der Waals surface area contributed by atoms with Crippen LogP contribution in [-0.2, 0) is 24.2 Å². The van der Waals surface area contributed by atoms with E-state index in [-0.39, 0.29) is 12.5 Å². The average Bonchev–Trinajstić information content (AvgIpc) is 3.27. The number of hydrogen-bond donors (Lipinski definition) is 1. The van der Waals surface area contributed by atoms with Gasteiger partial charge in [0.2, 0.25) is 5.91 Å². The van der Waals surface area contributed by atoms with Gasteiger partial charge in [0.25, 0.3) is 0 Å². The van der Waals surface area contributed by atoms with Crippen LogP contribution in [-0.4, -0.2) is 69.6 Å². The van der Waals surface area contributed by atoms with E-state index >= 15 is 0 Å². The van der Waals surface area contributed by atoms with Gasteiger partial charge in [-0.25, -0.2) is 4.99 Å². The van der Waals surface area contributed by atoms with E-state index in [4.69, 9.17) is 13.9 Å². The van der Waals surface area contributed by atoms with E-state index in [2.05, 4.69) is 15.2 Å². The van der Waals surface area contributed by atoms with Crippen molar-refractivity contribution in [3.63, 3.8) is 0 Å². The molecule has 0 bridgehead atoms. The second-order valence-corrected chi connectivity index (χ2v) is 7.33. The van der Waals surface area contributed by atoms with Crippen LogP contribution in [0.4, 0.5) is 0 Å². The summed E-state index contributed by atoms with van der Waals surface area (Å²) in [6.45, 7) is 2.24. The number of aliphatic imine (C=N–C) groups is 1. The Kier molecular flexibility index (Phi) is 7.21. The molecule has 0 aliphatic carbocycles. The number of nitrogens with zero attached hydrogens (tertiary/aromatic N) is 3. The fourth-order valence-corrected chi connectivity index (χ4v) is 3.37. The van der Waals surface area contributed by atoms with E-state index in [1.807, 2.05) is 24.3 Å². The maximum absolute atomic E-state index is 12.1. The van der Waals surface area contributed by atoms with Gasteiger partial charge in [-0.3, -0.25) is 4.79 Å². The summed E-state index contributed by atoms with van der Waals surface area (Å²) >= 11 is 0. The molecule has 1 aromatic carbocycles. The molecule has 1 aliphatic heterocycles. The Morgan fingerprint density at radius 3 is 2.60 bits per heavy atom. The molecule has 1 N–H and O–H groups in total. The van der Waals surface area contributed by atoms with Gasteiger partial charge in [-0.05, 0) is 41.8 Å². The molecule has 2 aromatic rings. The number of nitrogens with one attached hydrogen (secondary N) is 1. The number of rotatable bonds is 7. The van der Waals surface area contributed by atoms with Crippen molar-refractivity contribution in [2.75, 3.05) is 47.9 Å². The lowest BCUT2D eigenvalue weighted by Gasteiger charge is -2.32. The molecular formula is C22H30N4O4. The van der Waals surface area contributed by atoms with Crippen LogP contribution in [0.3, 0.4) is 0 Å². The Morgan fingerprint density at radius 1 is 1.23 bits per heavy atom. The highest BCUT2D eigenvalue weighted by atomic mass is 16.5. The van der Waals surface area contributed by atoms with E-state index in [1.165, 1.54) is 11.1 Å². The highest BCUT2D eigenvalue weighted by molar-refractivity contribution is 5.85. The number of carbonyl (C=O) groups is 1. The summed E-state index contributed by atoms with van der Waals surface area (Å²) in [7, 11) is 6.76. The fraction of sp³-hybridized carbons (Fsp3) is 0.455. The number of guanidine groups is 1. The maximum atomic E-state index is 12.1. The molecule has 0 fully saturated rings. The highest BCUT2D eigenvalue weighted by Gasteiger charge is 2.22. The predicted molar refractivity (Wildman–Crippen MR) is 115 cm³/mol. The maximum Gasteiger partial charge on any atom is 0.243 e. The first-order valence-corrected chi connectivity index (χ1v) is 10.0. The SMILES string of the molecule is COc1cc2c(cc1OC)CN(C(=NCC(=O)N(C)C)NCCc1ccco1)CC2. The molecule has 162 valence electrons. The summed E-state index contributed by atoms with van der Waals surface area (Å²) in [5.41, 5.74) is 2.40. The number of hydrogen-bond acceptors (Lipinski definition) is 5. The van der Waals surface area contributed by atoms with Gasteiger partial charge in [-0.2, -0.15) is 0 Å². The zero-order chi connectivity index (χ0) is 21.5. The van der Waals surface area contributed by atoms with Crippen LogP contribution in [0.2, 0.25) is 0 Å². The summed E-state index contributed by atoms with van der Waals surface area (Å²) < 4.78 is 16.3. The number of amides is 1. The number of furan rings is 1. The van der Waals surface area contributed by atoms with Crippen molar-refractivity contribution >= 4 is 11.9 Å². The summed E-state index contributed by atoms with van der Waals surface area (Å²) in [5, 5.41) is 3.39. The first kappa shape index (κ1) is 21.5. The quantitative estimate of drug-likeness (QED) is 0.551. The van der Waals surface area contributed by atoms with Crippen LogP contribution < -0.4 is 14.8 Å². The molecule has 3 rings (SSSR count). The van der Waals surface area contributed by atoms with Crippen LogP contribution in [0, 0.1) is 0 Å². The minimum atomic E-state index is -0.0378. The zero-order valence-corrected chi connectivity index (χ0v) is 18.1. The Balaban J connectivity index is 1.75. The number of carbonyl (C=O) groups excluding carboxylic acids is 1. The Hall–Kier alpha value is -3.16. The predicted octanol–water partition coefficient (Wildman–Crippen LogP) is 1.93. The first-order valence-electron chi connectivity index (χ1n) is 10.0. The van der Waals surface area contributed by atoms with Gasteiger partial charge in [-0.15, -0.1) is 0 Å². The van der Waals surface area contributed by atoms with Crippen molar-refractivity contribution in [3.8, 4) is 11.5 Å². The first-order chi connectivity index (χ1) is 14.5. The molecule has 0 spiro atoms. The van der Waals surface area contributed by atoms with E-state index in [9.17, 15) is 4.79 Å². The van der Waals surface area contributed by atoms with Crippen molar-refractivity contribution in [2.24, 2.45) is 4.99 Å². The Labute approximate surface area is 177 Å². The molecule has 0 saturated carbocycles.